The van der Waals surface area contributed by atoms with Crippen molar-refractivity contribution in [2.75, 3.05) is 0 Å². The van der Waals surface area contributed by atoms with Crippen molar-refractivity contribution in [2.24, 2.45) is 0 Å². The van der Waals surface area contributed by atoms with Gasteiger partial charge in [-0.05, 0) is 13.8 Å². The Bertz CT molecular complexity index is 285. The molecule has 0 unspecified atom stereocenters. The predicted molar refractivity (Wildman–Crippen MR) is 49.8 cm³/mol. The Morgan fingerprint density at radius 2 is 2.50 bits per heavy atom. The molecule has 1 N–H and O–H groups in total. The topological polar surface area (TPSA) is 50.2 Å². The van der Waals surface area contributed by atoms with E-state index in [0.717, 1.165) is 10.0 Å². The lowest BCUT2D eigenvalue weighted by Gasteiger charge is -2.00. The Hall–Kier alpha value is -0.550. The first kappa shape index (κ1) is 9.54. The number of carboxylic acids is 1. The molecule has 1 aromatic rings. The minimum absolute atomic E-state index is 0.421. The molecule has 12 heavy (non-hydrogen) atoms. The summed E-state index contributed by atoms with van der Waals surface area (Å²) in [5, 5.41) is 10.1. The van der Waals surface area contributed by atoms with Gasteiger partial charge < -0.3 is 5.11 Å². The molecule has 0 radical (unpaired) electrons. The maximum atomic E-state index is 10.5. The molecule has 0 saturated heterocycles. The van der Waals surface area contributed by atoms with E-state index in [0.29, 0.717) is 0 Å². The van der Waals surface area contributed by atoms with Crippen LogP contribution in [-0.4, -0.2) is 21.3 Å². The molecule has 1 heterocycles. The van der Waals surface area contributed by atoms with Gasteiger partial charge in [0.15, 0.2) is 4.34 Å². The molecule has 0 amide bonds. The van der Waals surface area contributed by atoms with E-state index in [1.807, 2.05) is 12.3 Å². The Balaban J connectivity index is 2.58. The predicted octanol–water partition coefficient (Wildman–Crippen LogP) is 2.02. The van der Waals surface area contributed by atoms with Crippen LogP contribution in [0.5, 0.6) is 0 Å². The SMILES string of the molecule is Cc1csc(S[C@@H](C)C(=O)O)n1. The lowest BCUT2D eigenvalue weighted by Crippen LogP contribution is -2.10. The van der Waals surface area contributed by atoms with Gasteiger partial charge in [-0.1, -0.05) is 11.8 Å². The van der Waals surface area contributed by atoms with E-state index in [1.165, 1.54) is 23.1 Å². The number of aryl methyl sites for hydroxylation is 1. The van der Waals surface area contributed by atoms with Crippen molar-refractivity contribution in [3.63, 3.8) is 0 Å². The molecule has 1 atom stereocenters. The van der Waals surface area contributed by atoms with E-state index < -0.39 is 11.2 Å². The number of hydrogen-bond acceptors (Lipinski definition) is 4. The van der Waals surface area contributed by atoms with Gasteiger partial charge in [-0.15, -0.1) is 11.3 Å². The third kappa shape index (κ3) is 2.49. The molecule has 0 aliphatic carbocycles. The summed E-state index contributed by atoms with van der Waals surface area (Å²) in [6.45, 7) is 3.55. The Labute approximate surface area is 78.8 Å². The maximum Gasteiger partial charge on any atom is 0.316 e. The van der Waals surface area contributed by atoms with Crippen LogP contribution in [0.4, 0.5) is 0 Å². The molecule has 0 bridgehead atoms. The summed E-state index contributed by atoms with van der Waals surface area (Å²) in [6, 6.07) is 0. The van der Waals surface area contributed by atoms with Crippen LogP contribution in [0, 0.1) is 6.92 Å². The summed E-state index contributed by atoms with van der Waals surface area (Å²) in [6.07, 6.45) is 0. The molecule has 3 nitrogen and oxygen atoms in total. The Morgan fingerprint density at radius 1 is 1.83 bits per heavy atom. The summed E-state index contributed by atoms with van der Waals surface area (Å²) < 4.78 is 0.822. The summed E-state index contributed by atoms with van der Waals surface area (Å²) in [5.41, 5.74) is 0.945. The van der Waals surface area contributed by atoms with Crippen LogP contribution in [0.1, 0.15) is 12.6 Å². The van der Waals surface area contributed by atoms with E-state index in [1.54, 1.807) is 6.92 Å². The molecule has 5 heteroatoms. The fourth-order valence-electron chi connectivity index (χ4n) is 0.588. The van der Waals surface area contributed by atoms with Crippen LogP contribution in [0.2, 0.25) is 0 Å². The number of carboxylic acid groups (broad SMARTS) is 1. The number of carbonyl (C=O) groups is 1. The Morgan fingerprint density at radius 3 is 2.92 bits per heavy atom. The van der Waals surface area contributed by atoms with Gasteiger partial charge in [-0.3, -0.25) is 4.79 Å². The van der Waals surface area contributed by atoms with Gasteiger partial charge in [-0.25, -0.2) is 4.98 Å². The molecule has 66 valence electrons. The number of nitrogens with zero attached hydrogens (tertiary/aromatic N) is 1. The maximum absolute atomic E-state index is 10.5. The first-order chi connectivity index (χ1) is 5.59. The minimum Gasteiger partial charge on any atom is -0.480 e. The summed E-state index contributed by atoms with van der Waals surface area (Å²) in [4.78, 5) is 14.6. The minimum atomic E-state index is -0.798. The monoisotopic (exact) mass is 203 g/mol. The molecule has 0 spiro atoms. The highest BCUT2D eigenvalue weighted by Crippen LogP contribution is 2.26. The lowest BCUT2D eigenvalue weighted by molar-refractivity contribution is -0.136. The van der Waals surface area contributed by atoms with Crippen molar-refractivity contribution in [1.29, 1.82) is 0 Å². The van der Waals surface area contributed by atoms with Crippen molar-refractivity contribution in [1.82, 2.24) is 4.98 Å². The lowest BCUT2D eigenvalue weighted by atomic mass is 10.5. The van der Waals surface area contributed by atoms with Crippen molar-refractivity contribution in [3.8, 4) is 0 Å². The molecule has 0 aliphatic heterocycles. The summed E-state index contributed by atoms with van der Waals surface area (Å²) in [5.74, 6) is -0.798. The largest absolute Gasteiger partial charge is 0.480 e. The van der Waals surface area contributed by atoms with Crippen LogP contribution in [0.3, 0.4) is 0 Å². The number of rotatable bonds is 3. The van der Waals surface area contributed by atoms with Gasteiger partial charge in [-0.2, -0.15) is 0 Å². The quantitative estimate of drug-likeness (QED) is 0.763. The van der Waals surface area contributed by atoms with E-state index in [9.17, 15) is 4.79 Å². The zero-order chi connectivity index (χ0) is 9.14. The number of hydrogen-bond donors (Lipinski definition) is 1. The highest BCUT2D eigenvalue weighted by molar-refractivity contribution is 8.02. The van der Waals surface area contributed by atoms with Gasteiger partial charge in [0.25, 0.3) is 0 Å². The van der Waals surface area contributed by atoms with Gasteiger partial charge >= 0.3 is 5.97 Å². The highest BCUT2D eigenvalue weighted by Gasteiger charge is 2.13. The number of aliphatic carboxylic acids is 1. The number of aromatic nitrogens is 1. The standard InChI is InChI=1S/C7H9NO2S2/c1-4-3-11-7(8-4)12-5(2)6(9)10/h3,5H,1-2H3,(H,9,10)/t5-/m0/s1. The van der Waals surface area contributed by atoms with Gasteiger partial charge in [0.05, 0.1) is 0 Å². The van der Waals surface area contributed by atoms with Crippen LogP contribution in [0.15, 0.2) is 9.72 Å². The zero-order valence-electron chi connectivity index (χ0n) is 6.77. The molecule has 1 rings (SSSR count). The molecular weight excluding hydrogens is 194 g/mol. The number of thioether (sulfide) groups is 1. The van der Waals surface area contributed by atoms with Crippen molar-refractivity contribution >= 4 is 29.1 Å². The average Bonchev–Trinajstić information content (AvgIpc) is 2.35. The zero-order valence-corrected chi connectivity index (χ0v) is 8.41. The molecule has 0 saturated carbocycles. The van der Waals surface area contributed by atoms with Crippen LogP contribution < -0.4 is 0 Å². The normalized spacial score (nSPS) is 12.8. The van der Waals surface area contributed by atoms with Crippen molar-refractivity contribution in [2.45, 2.75) is 23.4 Å². The van der Waals surface area contributed by atoms with Crippen LogP contribution in [0.25, 0.3) is 0 Å². The molecular formula is C7H9NO2S2. The number of thiazole rings is 1. The summed E-state index contributed by atoms with van der Waals surface area (Å²) >= 11 is 2.76. The average molecular weight is 203 g/mol. The van der Waals surface area contributed by atoms with E-state index in [2.05, 4.69) is 4.98 Å². The van der Waals surface area contributed by atoms with E-state index >= 15 is 0 Å². The second-order valence-corrected chi connectivity index (χ2v) is 4.80. The van der Waals surface area contributed by atoms with Gasteiger partial charge in [0.2, 0.25) is 0 Å². The second-order valence-electron chi connectivity index (χ2n) is 2.35. The molecule has 0 aliphatic rings. The van der Waals surface area contributed by atoms with E-state index in [4.69, 9.17) is 5.11 Å². The first-order valence-electron chi connectivity index (χ1n) is 3.41. The van der Waals surface area contributed by atoms with Crippen LogP contribution >= 0.6 is 23.1 Å². The fourth-order valence-corrected chi connectivity index (χ4v) is 2.51. The van der Waals surface area contributed by atoms with Crippen LogP contribution in [-0.2, 0) is 4.79 Å². The second kappa shape index (κ2) is 3.91. The van der Waals surface area contributed by atoms with Gasteiger partial charge in [0.1, 0.15) is 5.25 Å². The van der Waals surface area contributed by atoms with Crippen molar-refractivity contribution < 1.29 is 9.90 Å². The van der Waals surface area contributed by atoms with Gasteiger partial charge in [0, 0.05) is 11.1 Å². The molecule has 0 aromatic carbocycles. The van der Waals surface area contributed by atoms with Crippen molar-refractivity contribution in [3.05, 3.63) is 11.1 Å². The fraction of sp³-hybridized carbons (Fsp3) is 0.429. The first-order valence-corrected chi connectivity index (χ1v) is 5.17. The molecule has 1 aromatic heterocycles. The highest BCUT2D eigenvalue weighted by atomic mass is 32.2. The summed E-state index contributed by atoms with van der Waals surface area (Å²) in [7, 11) is 0. The smallest absolute Gasteiger partial charge is 0.316 e. The molecule has 0 fully saturated rings. The third-order valence-electron chi connectivity index (χ3n) is 1.22. The van der Waals surface area contributed by atoms with E-state index in [-0.39, 0.29) is 0 Å². The Kier molecular flexibility index (Phi) is 3.11. The third-order valence-corrected chi connectivity index (χ3v) is 3.40.